The van der Waals surface area contributed by atoms with Crippen LogP contribution >= 0.6 is 0 Å². The monoisotopic (exact) mass is 380 g/mol. The summed E-state index contributed by atoms with van der Waals surface area (Å²) in [7, 11) is 1.83. The number of H-pyrrole nitrogens is 1. The Morgan fingerprint density at radius 1 is 1.11 bits per heavy atom. The number of amides is 2. The summed E-state index contributed by atoms with van der Waals surface area (Å²) in [5.41, 5.74) is 3.19. The number of nitrogens with zero attached hydrogens (tertiary/aromatic N) is 5. The van der Waals surface area contributed by atoms with Crippen molar-refractivity contribution >= 4 is 22.7 Å². The lowest BCUT2D eigenvalue weighted by Crippen LogP contribution is -2.38. The normalized spacial score (nSPS) is 15.1. The molecule has 3 aromatic rings. The van der Waals surface area contributed by atoms with Gasteiger partial charge in [0.1, 0.15) is 0 Å². The maximum atomic E-state index is 12.8. The zero-order chi connectivity index (χ0) is 19.7. The summed E-state index contributed by atoms with van der Waals surface area (Å²) < 4.78 is 1.70. The lowest BCUT2D eigenvalue weighted by molar-refractivity contribution is -0.130. The maximum Gasteiger partial charge on any atom is 0.257 e. The Bertz CT molecular complexity index is 1020. The van der Waals surface area contributed by atoms with Gasteiger partial charge in [-0.1, -0.05) is 18.2 Å². The number of hydrogen-bond acceptors (Lipinski definition) is 4. The molecule has 2 aromatic heterocycles. The van der Waals surface area contributed by atoms with Gasteiger partial charge in [0, 0.05) is 44.3 Å². The molecule has 1 aliphatic rings. The number of aryl methyl sites for hydroxylation is 1. The van der Waals surface area contributed by atoms with Gasteiger partial charge in [-0.15, -0.1) is 0 Å². The van der Waals surface area contributed by atoms with E-state index in [-0.39, 0.29) is 18.2 Å². The van der Waals surface area contributed by atoms with Gasteiger partial charge in [0.05, 0.1) is 29.4 Å². The second kappa shape index (κ2) is 7.46. The van der Waals surface area contributed by atoms with Gasteiger partial charge in [-0.2, -0.15) is 10.2 Å². The van der Waals surface area contributed by atoms with Crippen LogP contribution in [0, 0.1) is 6.92 Å². The minimum Gasteiger partial charge on any atom is -0.341 e. The van der Waals surface area contributed by atoms with Gasteiger partial charge >= 0.3 is 0 Å². The van der Waals surface area contributed by atoms with E-state index in [1.165, 1.54) is 0 Å². The quantitative estimate of drug-likeness (QED) is 0.746. The van der Waals surface area contributed by atoms with Crippen LogP contribution in [-0.4, -0.2) is 67.8 Å². The van der Waals surface area contributed by atoms with E-state index in [0.717, 1.165) is 28.7 Å². The van der Waals surface area contributed by atoms with Crippen LogP contribution in [0.15, 0.2) is 30.5 Å². The van der Waals surface area contributed by atoms with Crippen molar-refractivity contribution < 1.29 is 9.59 Å². The fourth-order valence-electron chi connectivity index (χ4n) is 3.66. The van der Waals surface area contributed by atoms with Gasteiger partial charge in [0.2, 0.25) is 5.91 Å². The van der Waals surface area contributed by atoms with Gasteiger partial charge in [-0.05, 0) is 19.4 Å². The number of benzene rings is 1. The van der Waals surface area contributed by atoms with Crippen LogP contribution in [0.5, 0.6) is 0 Å². The Labute approximate surface area is 163 Å². The summed E-state index contributed by atoms with van der Waals surface area (Å²) in [5, 5.41) is 12.4. The molecule has 28 heavy (non-hydrogen) atoms. The van der Waals surface area contributed by atoms with Gasteiger partial charge in [0.15, 0.2) is 0 Å². The van der Waals surface area contributed by atoms with E-state index in [4.69, 9.17) is 0 Å². The Morgan fingerprint density at radius 2 is 1.86 bits per heavy atom. The van der Waals surface area contributed by atoms with Gasteiger partial charge in [-0.3, -0.25) is 19.4 Å². The summed E-state index contributed by atoms with van der Waals surface area (Å²) >= 11 is 0. The molecular formula is C20H24N6O2. The predicted molar refractivity (Wildman–Crippen MR) is 105 cm³/mol. The Hall–Kier alpha value is -3.16. The van der Waals surface area contributed by atoms with Gasteiger partial charge < -0.3 is 9.80 Å². The molecular weight excluding hydrogens is 356 g/mol. The van der Waals surface area contributed by atoms with Crippen molar-refractivity contribution in [1.29, 1.82) is 0 Å². The summed E-state index contributed by atoms with van der Waals surface area (Å²) in [6, 6.07) is 7.77. The first-order valence-corrected chi connectivity index (χ1v) is 9.52. The smallest absolute Gasteiger partial charge is 0.257 e. The van der Waals surface area contributed by atoms with E-state index >= 15 is 0 Å². The summed E-state index contributed by atoms with van der Waals surface area (Å²) in [6.45, 7) is 4.26. The molecule has 0 aliphatic carbocycles. The first-order valence-electron chi connectivity index (χ1n) is 9.52. The van der Waals surface area contributed by atoms with E-state index < -0.39 is 0 Å². The molecule has 1 fully saturated rings. The highest BCUT2D eigenvalue weighted by atomic mass is 16.2. The Kier molecular flexibility index (Phi) is 4.85. The van der Waals surface area contributed by atoms with Crippen LogP contribution in [0.3, 0.4) is 0 Å². The largest absolute Gasteiger partial charge is 0.341 e. The summed E-state index contributed by atoms with van der Waals surface area (Å²) in [6.07, 6.45) is 2.67. The summed E-state index contributed by atoms with van der Waals surface area (Å²) in [5.74, 6) is 0.0423. The van der Waals surface area contributed by atoms with E-state index in [1.54, 1.807) is 10.9 Å². The molecule has 4 rings (SSSR count). The molecule has 8 nitrogen and oxygen atoms in total. The predicted octanol–water partition coefficient (Wildman–Crippen LogP) is 1.52. The van der Waals surface area contributed by atoms with E-state index in [0.29, 0.717) is 31.7 Å². The number of nitrogens with one attached hydrogen (secondary N) is 1. The molecule has 1 aliphatic heterocycles. The number of carbonyl (C=O) groups excluding carboxylic acids is 2. The minimum absolute atomic E-state index is 0.0144. The molecule has 0 unspecified atom stereocenters. The van der Waals surface area contributed by atoms with Crippen molar-refractivity contribution in [3.8, 4) is 0 Å². The van der Waals surface area contributed by atoms with E-state index in [2.05, 4.69) is 15.3 Å². The molecule has 0 spiro atoms. The molecule has 146 valence electrons. The van der Waals surface area contributed by atoms with Crippen LogP contribution in [0.25, 0.3) is 10.9 Å². The van der Waals surface area contributed by atoms with E-state index in [1.807, 2.05) is 48.0 Å². The average Bonchev–Trinajstić information content (AvgIpc) is 3.14. The molecule has 1 aromatic carbocycles. The number of aromatic nitrogens is 4. The van der Waals surface area contributed by atoms with Crippen molar-refractivity contribution in [2.75, 3.05) is 26.2 Å². The molecule has 2 amide bonds. The molecule has 0 radical (unpaired) electrons. The highest BCUT2D eigenvalue weighted by Gasteiger charge is 2.25. The molecule has 0 atom stereocenters. The zero-order valence-electron chi connectivity index (χ0n) is 16.2. The number of aromatic amines is 1. The highest BCUT2D eigenvalue weighted by molar-refractivity contribution is 5.95. The van der Waals surface area contributed by atoms with Crippen LogP contribution in [0.1, 0.15) is 28.2 Å². The molecule has 1 saturated heterocycles. The third-order valence-electron chi connectivity index (χ3n) is 5.47. The van der Waals surface area contributed by atoms with Crippen LogP contribution < -0.4 is 0 Å². The lowest BCUT2D eigenvalue weighted by Gasteiger charge is -2.22. The average molecular weight is 380 g/mol. The highest BCUT2D eigenvalue weighted by Crippen LogP contribution is 2.17. The molecule has 1 N–H and O–H groups in total. The first kappa shape index (κ1) is 18.2. The molecule has 0 saturated carbocycles. The van der Waals surface area contributed by atoms with E-state index in [9.17, 15) is 9.59 Å². The van der Waals surface area contributed by atoms with Crippen molar-refractivity contribution in [3.63, 3.8) is 0 Å². The third kappa shape index (κ3) is 3.37. The number of para-hydroxylation sites is 1. The molecule has 0 bridgehead atoms. The van der Waals surface area contributed by atoms with Crippen molar-refractivity contribution in [2.45, 2.75) is 19.8 Å². The standard InChI is InChI=1S/C20H24N6O2/c1-14-16(13-21-24(14)2)20(28)26-9-5-8-25(10-11-26)19(27)12-18-15-6-3-4-7-17(15)22-23-18/h3-4,6-7,13H,5,8-12H2,1-2H3,(H,22,23). The lowest BCUT2D eigenvalue weighted by atomic mass is 10.1. The fourth-order valence-corrected chi connectivity index (χ4v) is 3.66. The van der Waals surface area contributed by atoms with Crippen molar-refractivity contribution in [1.82, 2.24) is 29.8 Å². The van der Waals surface area contributed by atoms with Gasteiger partial charge in [-0.25, -0.2) is 0 Å². The van der Waals surface area contributed by atoms with Gasteiger partial charge in [0.25, 0.3) is 5.91 Å². The SMILES string of the molecule is Cc1c(C(=O)N2CCCN(C(=O)Cc3[nH]nc4ccccc34)CC2)cnn1C. The van der Waals surface area contributed by atoms with Crippen molar-refractivity contribution in [3.05, 3.63) is 47.4 Å². The van der Waals surface area contributed by atoms with Crippen LogP contribution in [0.4, 0.5) is 0 Å². The second-order valence-corrected chi connectivity index (χ2v) is 7.19. The molecule has 8 heteroatoms. The first-order chi connectivity index (χ1) is 13.5. The number of hydrogen-bond donors (Lipinski definition) is 1. The Balaban J connectivity index is 1.41. The topological polar surface area (TPSA) is 87.1 Å². The number of carbonyl (C=O) groups is 2. The summed E-state index contributed by atoms with van der Waals surface area (Å²) in [4.78, 5) is 29.3. The maximum absolute atomic E-state index is 12.8. The Morgan fingerprint density at radius 3 is 2.64 bits per heavy atom. The third-order valence-corrected chi connectivity index (χ3v) is 5.47. The fraction of sp³-hybridized carbons (Fsp3) is 0.400. The van der Waals surface area contributed by atoms with Crippen LogP contribution in [0.2, 0.25) is 0 Å². The number of rotatable bonds is 3. The second-order valence-electron chi connectivity index (χ2n) is 7.19. The van der Waals surface area contributed by atoms with Crippen molar-refractivity contribution in [2.24, 2.45) is 7.05 Å². The zero-order valence-corrected chi connectivity index (χ0v) is 16.2. The number of fused-ring (bicyclic) bond motifs is 1. The molecule has 3 heterocycles. The minimum atomic E-state index is -0.0144. The van der Waals surface area contributed by atoms with Crippen LogP contribution in [-0.2, 0) is 18.3 Å².